The molecule has 1 N–H and O–H groups in total. The normalized spacial score (nSPS) is 20.3. The van der Waals surface area contributed by atoms with Crippen LogP contribution in [0.25, 0.3) is 0 Å². The number of carbonyl (C=O) groups is 1. The van der Waals surface area contributed by atoms with E-state index >= 15 is 0 Å². The molecule has 1 aromatic heterocycles. The first kappa shape index (κ1) is 22.2. The van der Waals surface area contributed by atoms with Crippen LogP contribution in [0.2, 0.25) is 0 Å². The number of benzene rings is 1. The number of carbonyl (C=O) groups excluding carboxylic acids is 1. The van der Waals surface area contributed by atoms with Crippen molar-refractivity contribution in [2.45, 2.75) is 76.5 Å². The van der Waals surface area contributed by atoms with Crippen LogP contribution in [0.5, 0.6) is 5.75 Å². The molecule has 3 fully saturated rings. The number of pyridine rings is 1. The lowest BCUT2D eigenvalue weighted by atomic mass is 10.2. The Hall–Kier alpha value is -2.60. The number of hydrogen-bond donors (Lipinski definition) is 1. The smallest absolute Gasteiger partial charge is 0.251 e. The van der Waals surface area contributed by atoms with Crippen LogP contribution in [0, 0.1) is 0 Å². The van der Waals surface area contributed by atoms with Crippen LogP contribution < -0.4 is 15.0 Å². The minimum absolute atomic E-state index is 0.0817. The van der Waals surface area contributed by atoms with Gasteiger partial charge in [0.1, 0.15) is 11.6 Å². The van der Waals surface area contributed by atoms with E-state index in [4.69, 9.17) is 9.72 Å². The highest BCUT2D eigenvalue weighted by Crippen LogP contribution is 2.41. The van der Waals surface area contributed by atoms with Gasteiger partial charge in [0.15, 0.2) is 0 Å². The van der Waals surface area contributed by atoms with Crippen molar-refractivity contribution in [1.82, 2.24) is 15.2 Å². The largest absolute Gasteiger partial charge is 0.494 e. The Labute approximate surface area is 197 Å². The van der Waals surface area contributed by atoms with E-state index in [1.165, 1.54) is 32.1 Å². The number of aromatic nitrogens is 1. The van der Waals surface area contributed by atoms with Crippen molar-refractivity contribution in [2.75, 3.05) is 24.6 Å². The first-order valence-electron chi connectivity index (χ1n) is 12.7. The van der Waals surface area contributed by atoms with Gasteiger partial charge in [-0.05, 0) is 74.4 Å². The molecule has 2 saturated carbocycles. The van der Waals surface area contributed by atoms with Gasteiger partial charge in [-0.15, -0.1) is 0 Å². The van der Waals surface area contributed by atoms with Gasteiger partial charge in [0, 0.05) is 49.5 Å². The molecule has 1 amide bonds. The Morgan fingerprint density at radius 2 is 1.82 bits per heavy atom. The molecule has 1 saturated heterocycles. The fraction of sp³-hybridized carbons (Fsp3) is 0.556. The number of ether oxygens (including phenoxy) is 1. The highest BCUT2D eigenvalue weighted by molar-refractivity contribution is 5.94. The van der Waals surface area contributed by atoms with Crippen LogP contribution in [0.4, 0.5) is 5.82 Å². The predicted molar refractivity (Wildman–Crippen MR) is 131 cm³/mol. The molecule has 1 unspecified atom stereocenters. The van der Waals surface area contributed by atoms with Gasteiger partial charge in [-0.1, -0.05) is 19.4 Å². The summed E-state index contributed by atoms with van der Waals surface area (Å²) in [5.74, 6) is 1.78. The van der Waals surface area contributed by atoms with Crippen molar-refractivity contribution in [2.24, 2.45) is 0 Å². The van der Waals surface area contributed by atoms with Crippen LogP contribution >= 0.6 is 0 Å². The molecule has 6 heteroatoms. The number of rotatable bonds is 11. The van der Waals surface area contributed by atoms with Gasteiger partial charge >= 0.3 is 0 Å². The molecule has 1 aromatic carbocycles. The molecule has 5 rings (SSSR count). The fourth-order valence-corrected chi connectivity index (χ4v) is 4.86. The number of nitrogens with zero attached hydrogens (tertiary/aromatic N) is 3. The molecule has 2 heterocycles. The van der Waals surface area contributed by atoms with E-state index in [2.05, 4.69) is 34.2 Å². The molecule has 2 aromatic rings. The minimum Gasteiger partial charge on any atom is -0.494 e. The second-order valence-corrected chi connectivity index (χ2v) is 9.73. The molecule has 1 aliphatic heterocycles. The molecule has 6 nitrogen and oxygen atoms in total. The Balaban J connectivity index is 1.09. The molecule has 1 atom stereocenters. The van der Waals surface area contributed by atoms with E-state index in [9.17, 15) is 4.79 Å². The maximum absolute atomic E-state index is 12.5. The van der Waals surface area contributed by atoms with Crippen molar-refractivity contribution in [3.8, 4) is 5.75 Å². The maximum Gasteiger partial charge on any atom is 0.251 e. The monoisotopic (exact) mass is 448 g/mol. The van der Waals surface area contributed by atoms with Crippen molar-refractivity contribution in [3.05, 3.63) is 53.7 Å². The van der Waals surface area contributed by atoms with E-state index in [-0.39, 0.29) is 5.91 Å². The highest BCUT2D eigenvalue weighted by atomic mass is 16.5. The van der Waals surface area contributed by atoms with Gasteiger partial charge in [0.25, 0.3) is 5.91 Å². The quantitative estimate of drug-likeness (QED) is 0.517. The lowest BCUT2D eigenvalue weighted by molar-refractivity contribution is 0.0951. The average Bonchev–Trinajstić information content (AvgIpc) is 3.79. The van der Waals surface area contributed by atoms with Gasteiger partial charge in [-0.2, -0.15) is 0 Å². The van der Waals surface area contributed by atoms with Crippen LogP contribution in [0.1, 0.15) is 67.8 Å². The summed E-state index contributed by atoms with van der Waals surface area (Å²) in [6.07, 6.45) is 10.8. The maximum atomic E-state index is 12.5. The third kappa shape index (κ3) is 5.67. The van der Waals surface area contributed by atoms with Crippen molar-refractivity contribution < 1.29 is 9.53 Å². The number of anilines is 1. The Morgan fingerprint density at radius 1 is 1.06 bits per heavy atom. The molecule has 0 radical (unpaired) electrons. The zero-order valence-corrected chi connectivity index (χ0v) is 19.7. The fourth-order valence-electron chi connectivity index (χ4n) is 4.86. The Morgan fingerprint density at radius 3 is 2.45 bits per heavy atom. The zero-order chi connectivity index (χ0) is 22.6. The highest BCUT2D eigenvalue weighted by Gasteiger charge is 2.44. The van der Waals surface area contributed by atoms with Crippen molar-refractivity contribution in [3.63, 3.8) is 0 Å². The molecule has 0 spiro atoms. The van der Waals surface area contributed by atoms with Gasteiger partial charge in [0.2, 0.25) is 0 Å². The number of amides is 1. The summed E-state index contributed by atoms with van der Waals surface area (Å²) in [5.41, 5.74) is 1.65. The second kappa shape index (κ2) is 10.1. The average molecular weight is 449 g/mol. The lowest BCUT2D eigenvalue weighted by Gasteiger charge is -2.29. The number of hydrogen-bond acceptors (Lipinski definition) is 5. The molecule has 0 bridgehead atoms. The van der Waals surface area contributed by atoms with Crippen LogP contribution in [-0.2, 0) is 6.54 Å². The molecule has 2 aliphatic carbocycles. The summed E-state index contributed by atoms with van der Waals surface area (Å²) < 4.78 is 5.67. The summed E-state index contributed by atoms with van der Waals surface area (Å²) in [4.78, 5) is 22.5. The van der Waals surface area contributed by atoms with E-state index in [1.807, 2.05) is 30.5 Å². The van der Waals surface area contributed by atoms with Crippen molar-refractivity contribution >= 4 is 11.7 Å². The number of nitrogens with one attached hydrogen (secondary N) is 1. The van der Waals surface area contributed by atoms with Gasteiger partial charge in [-0.25, -0.2) is 4.98 Å². The van der Waals surface area contributed by atoms with Crippen LogP contribution in [-0.4, -0.2) is 53.6 Å². The molecule has 3 aliphatic rings. The van der Waals surface area contributed by atoms with E-state index in [0.29, 0.717) is 24.8 Å². The summed E-state index contributed by atoms with van der Waals surface area (Å²) in [6, 6.07) is 13.9. The standard InChI is InChI=1S/C27H36N4O2/c1-2-3-16-33-25-11-5-21(6-12-25)27(32)29-18-20-4-13-26(28-17-20)30-15-14-24(19-30)31(22-7-8-22)23-9-10-23/h4-6,11-13,17,22-24H,2-3,7-10,14-16,18-19H2,1H3,(H,29,32). The summed E-state index contributed by atoms with van der Waals surface area (Å²) in [6.45, 7) is 5.50. The zero-order valence-electron chi connectivity index (χ0n) is 19.7. The SMILES string of the molecule is CCCCOc1ccc(C(=O)NCc2ccc(N3CCC(N(C4CC4)C4CC4)C3)nc2)cc1. The predicted octanol–water partition coefficient (Wildman–Crippen LogP) is 4.40. The van der Waals surface area contributed by atoms with E-state index < -0.39 is 0 Å². The second-order valence-electron chi connectivity index (χ2n) is 9.73. The summed E-state index contributed by atoms with van der Waals surface area (Å²) in [5, 5.41) is 3.00. The van der Waals surface area contributed by atoms with Crippen molar-refractivity contribution in [1.29, 1.82) is 0 Å². The molecular weight excluding hydrogens is 412 g/mol. The molecular formula is C27H36N4O2. The number of unbranched alkanes of at least 4 members (excludes halogenated alkanes) is 1. The van der Waals surface area contributed by atoms with Crippen LogP contribution in [0.3, 0.4) is 0 Å². The van der Waals surface area contributed by atoms with Gasteiger partial charge in [0.05, 0.1) is 6.61 Å². The van der Waals surface area contributed by atoms with Gasteiger partial charge in [-0.3, -0.25) is 9.69 Å². The molecule has 33 heavy (non-hydrogen) atoms. The van der Waals surface area contributed by atoms with E-state index in [0.717, 1.165) is 55.1 Å². The molecule has 176 valence electrons. The van der Waals surface area contributed by atoms with Crippen LogP contribution in [0.15, 0.2) is 42.6 Å². The first-order chi connectivity index (χ1) is 16.2. The minimum atomic E-state index is -0.0817. The summed E-state index contributed by atoms with van der Waals surface area (Å²) >= 11 is 0. The Kier molecular flexibility index (Phi) is 6.81. The first-order valence-corrected chi connectivity index (χ1v) is 12.7. The third-order valence-corrected chi connectivity index (χ3v) is 6.99. The van der Waals surface area contributed by atoms with Gasteiger partial charge < -0.3 is 15.0 Å². The Bertz CT molecular complexity index is 910. The lowest BCUT2D eigenvalue weighted by Crippen LogP contribution is -2.40. The third-order valence-electron chi connectivity index (χ3n) is 6.99. The summed E-state index contributed by atoms with van der Waals surface area (Å²) in [7, 11) is 0. The topological polar surface area (TPSA) is 57.7 Å². The van der Waals surface area contributed by atoms with E-state index in [1.54, 1.807) is 0 Å².